The van der Waals surface area contributed by atoms with Gasteiger partial charge in [-0.15, -0.1) is 46.7 Å². The predicted octanol–water partition coefficient (Wildman–Crippen LogP) is 5.04. The fourth-order valence-electron chi connectivity index (χ4n) is 2.76. The molecule has 0 fully saturated rings. The summed E-state index contributed by atoms with van der Waals surface area (Å²) in [5.74, 6) is 2.19. The highest BCUT2D eigenvalue weighted by molar-refractivity contribution is 14.0. The van der Waals surface area contributed by atoms with E-state index in [4.69, 9.17) is 9.72 Å². The summed E-state index contributed by atoms with van der Waals surface area (Å²) in [5, 5.41) is 12.0. The first-order valence-corrected chi connectivity index (χ1v) is 11.0. The van der Waals surface area contributed by atoms with Crippen LogP contribution in [0.15, 0.2) is 52.2 Å². The number of aromatic nitrogens is 1. The Morgan fingerprint density at radius 1 is 1.17 bits per heavy atom. The third-order valence-corrected chi connectivity index (χ3v) is 6.14. The van der Waals surface area contributed by atoms with Gasteiger partial charge in [0, 0.05) is 29.4 Å². The first-order chi connectivity index (χ1) is 13.7. The fraction of sp³-hybridized carbons (Fsp3) is 0.333. The lowest BCUT2D eigenvalue weighted by atomic mass is 10.1. The number of thiazole rings is 1. The van der Waals surface area contributed by atoms with Gasteiger partial charge in [-0.2, -0.15) is 0 Å². The maximum atomic E-state index is 5.21. The van der Waals surface area contributed by atoms with Crippen molar-refractivity contribution in [3.05, 3.63) is 57.7 Å². The lowest BCUT2D eigenvalue weighted by molar-refractivity contribution is 0.415. The Labute approximate surface area is 197 Å². The molecule has 0 spiro atoms. The van der Waals surface area contributed by atoms with Crippen molar-refractivity contribution in [3.8, 4) is 16.3 Å². The van der Waals surface area contributed by atoms with Crippen LogP contribution in [0.2, 0.25) is 0 Å². The monoisotopic (exact) mass is 542 g/mol. The average molecular weight is 543 g/mol. The second-order valence-electron chi connectivity index (χ2n) is 6.57. The summed E-state index contributed by atoms with van der Waals surface area (Å²) in [6, 6.07) is 12.3. The molecule has 1 aromatic carbocycles. The zero-order valence-electron chi connectivity index (χ0n) is 16.8. The largest absolute Gasteiger partial charge is 0.497 e. The fourth-order valence-corrected chi connectivity index (χ4v) is 4.46. The van der Waals surface area contributed by atoms with E-state index in [2.05, 4.69) is 45.4 Å². The van der Waals surface area contributed by atoms with Crippen LogP contribution in [-0.4, -0.2) is 31.6 Å². The lowest BCUT2D eigenvalue weighted by Crippen LogP contribution is -2.39. The number of ether oxygens (including phenoxy) is 1. The molecule has 1 unspecified atom stereocenters. The Hall–Kier alpha value is -1.65. The number of benzene rings is 1. The number of rotatable bonds is 8. The molecule has 2 heterocycles. The molecular weight excluding hydrogens is 515 g/mol. The molecular formula is C21H27IN4OS2. The molecule has 0 aliphatic carbocycles. The minimum Gasteiger partial charge on any atom is -0.497 e. The van der Waals surface area contributed by atoms with Crippen LogP contribution in [0.1, 0.15) is 17.5 Å². The highest BCUT2D eigenvalue weighted by Gasteiger charge is 2.08. The molecule has 5 nitrogen and oxygen atoms in total. The van der Waals surface area contributed by atoms with Crippen molar-refractivity contribution < 1.29 is 4.74 Å². The normalized spacial score (nSPS) is 12.2. The average Bonchev–Trinajstić information content (AvgIpc) is 3.40. The maximum Gasteiger partial charge on any atom is 0.191 e. The molecule has 0 aliphatic rings. The molecule has 0 saturated carbocycles. The van der Waals surface area contributed by atoms with Crippen LogP contribution in [0, 0.1) is 5.92 Å². The summed E-state index contributed by atoms with van der Waals surface area (Å²) in [6.07, 6.45) is 1.08. The van der Waals surface area contributed by atoms with Gasteiger partial charge < -0.3 is 15.4 Å². The van der Waals surface area contributed by atoms with Gasteiger partial charge in [0.25, 0.3) is 0 Å². The van der Waals surface area contributed by atoms with Crippen molar-refractivity contribution in [1.82, 2.24) is 15.6 Å². The van der Waals surface area contributed by atoms with Crippen molar-refractivity contribution in [3.63, 3.8) is 0 Å². The number of thiophene rings is 1. The van der Waals surface area contributed by atoms with E-state index < -0.39 is 0 Å². The van der Waals surface area contributed by atoms with Gasteiger partial charge in [0.15, 0.2) is 5.96 Å². The van der Waals surface area contributed by atoms with Crippen LogP contribution in [0.3, 0.4) is 0 Å². The van der Waals surface area contributed by atoms with Gasteiger partial charge in [-0.25, -0.2) is 4.98 Å². The Bertz CT molecular complexity index is 878. The number of methoxy groups -OCH3 is 1. The summed E-state index contributed by atoms with van der Waals surface area (Å²) >= 11 is 3.46. The predicted molar refractivity (Wildman–Crippen MR) is 135 cm³/mol. The smallest absolute Gasteiger partial charge is 0.191 e. The van der Waals surface area contributed by atoms with Crippen LogP contribution in [0.5, 0.6) is 5.75 Å². The van der Waals surface area contributed by atoms with Crippen molar-refractivity contribution in [2.24, 2.45) is 10.9 Å². The van der Waals surface area contributed by atoms with Gasteiger partial charge in [0.2, 0.25) is 0 Å². The molecule has 3 aromatic rings. The number of nitrogens with one attached hydrogen (secondary N) is 2. The molecule has 8 heteroatoms. The second kappa shape index (κ2) is 12.1. The summed E-state index contributed by atoms with van der Waals surface area (Å²) < 4.78 is 5.21. The number of aliphatic imine (C=N–C) groups is 1. The highest BCUT2D eigenvalue weighted by atomic mass is 127. The second-order valence-corrected chi connectivity index (χ2v) is 8.46. The van der Waals surface area contributed by atoms with Gasteiger partial charge in [-0.3, -0.25) is 4.99 Å². The van der Waals surface area contributed by atoms with E-state index in [1.165, 1.54) is 4.88 Å². The van der Waals surface area contributed by atoms with E-state index in [1.807, 2.05) is 35.6 Å². The molecule has 3 rings (SSSR count). The van der Waals surface area contributed by atoms with Gasteiger partial charge >= 0.3 is 0 Å². The third kappa shape index (κ3) is 7.27. The first-order valence-electron chi connectivity index (χ1n) is 9.23. The Morgan fingerprint density at radius 2 is 1.97 bits per heavy atom. The van der Waals surface area contributed by atoms with Crippen LogP contribution in [0.25, 0.3) is 10.6 Å². The molecule has 0 radical (unpaired) electrons. The van der Waals surface area contributed by atoms with Crippen molar-refractivity contribution in [2.75, 3.05) is 20.7 Å². The van der Waals surface area contributed by atoms with E-state index in [0.29, 0.717) is 12.5 Å². The minimum atomic E-state index is 0. The number of nitrogens with zero attached hydrogens (tertiary/aromatic N) is 2. The Kier molecular flexibility index (Phi) is 9.89. The van der Waals surface area contributed by atoms with Crippen molar-refractivity contribution >= 4 is 52.6 Å². The Balaban J connectivity index is 0.00000300. The third-order valence-electron chi connectivity index (χ3n) is 4.30. The van der Waals surface area contributed by atoms with Gasteiger partial charge in [0.05, 0.1) is 19.3 Å². The van der Waals surface area contributed by atoms with E-state index in [9.17, 15) is 0 Å². The molecule has 1 atom stereocenters. The van der Waals surface area contributed by atoms with Crippen LogP contribution in [-0.2, 0) is 13.0 Å². The topological polar surface area (TPSA) is 58.5 Å². The molecule has 0 saturated heterocycles. The summed E-state index contributed by atoms with van der Waals surface area (Å²) in [7, 11) is 3.47. The van der Waals surface area contributed by atoms with E-state index in [1.54, 1.807) is 25.5 Å². The molecule has 0 amide bonds. The molecule has 2 aromatic heterocycles. The highest BCUT2D eigenvalue weighted by Crippen LogP contribution is 2.25. The van der Waals surface area contributed by atoms with E-state index >= 15 is 0 Å². The number of halogens is 1. The molecule has 156 valence electrons. The zero-order chi connectivity index (χ0) is 19.8. The molecule has 2 N–H and O–H groups in total. The van der Waals surface area contributed by atoms with Gasteiger partial charge in [-0.1, -0.05) is 13.0 Å². The van der Waals surface area contributed by atoms with Gasteiger partial charge in [0.1, 0.15) is 10.8 Å². The first kappa shape index (κ1) is 23.6. The van der Waals surface area contributed by atoms with E-state index in [0.717, 1.165) is 40.9 Å². The molecule has 0 aliphatic heterocycles. The summed E-state index contributed by atoms with van der Waals surface area (Å²) in [4.78, 5) is 10.5. The SMILES string of the molecule is CN=C(NCc1csc(-c2ccc(OC)cc2)n1)NCC(C)Cc1cccs1.I. The summed E-state index contributed by atoms with van der Waals surface area (Å²) in [5.41, 5.74) is 2.10. The minimum absolute atomic E-state index is 0. The van der Waals surface area contributed by atoms with Gasteiger partial charge in [-0.05, 0) is 48.1 Å². The molecule has 29 heavy (non-hydrogen) atoms. The number of guanidine groups is 1. The maximum absolute atomic E-state index is 5.21. The van der Waals surface area contributed by atoms with Crippen LogP contribution < -0.4 is 15.4 Å². The quantitative estimate of drug-likeness (QED) is 0.238. The number of hydrogen-bond acceptors (Lipinski definition) is 5. The van der Waals surface area contributed by atoms with E-state index in [-0.39, 0.29) is 24.0 Å². The lowest BCUT2D eigenvalue weighted by Gasteiger charge is -2.15. The van der Waals surface area contributed by atoms with Crippen LogP contribution >= 0.6 is 46.7 Å². The molecule has 0 bridgehead atoms. The summed E-state index contributed by atoms with van der Waals surface area (Å²) in [6.45, 7) is 3.78. The zero-order valence-corrected chi connectivity index (χ0v) is 20.8. The van der Waals surface area contributed by atoms with Crippen LogP contribution in [0.4, 0.5) is 0 Å². The number of hydrogen-bond donors (Lipinski definition) is 2. The van der Waals surface area contributed by atoms with Crippen molar-refractivity contribution in [1.29, 1.82) is 0 Å². The Morgan fingerprint density at radius 3 is 2.62 bits per heavy atom. The standard InChI is InChI=1S/C21H26N4OS2.HI/c1-15(11-19-5-4-10-27-19)12-23-21(22-2)24-13-17-14-28-20(25-17)16-6-8-18(26-3)9-7-16;/h4-10,14-15H,11-13H2,1-3H3,(H2,22,23,24);1H. The van der Waals surface area contributed by atoms with Crippen molar-refractivity contribution in [2.45, 2.75) is 19.9 Å².